The van der Waals surface area contributed by atoms with E-state index in [4.69, 9.17) is 0 Å². The van der Waals surface area contributed by atoms with Gasteiger partial charge in [0.2, 0.25) is 0 Å². The lowest BCUT2D eigenvalue weighted by atomic mass is 9.69. The van der Waals surface area contributed by atoms with Crippen molar-refractivity contribution >= 4 is 46.9 Å². The van der Waals surface area contributed by atoms with Crippen molar-refractivity contribution in [1.29, 1.82) is 0 Å². The van der Waals surface area contributed by atoms with E-state index in [0.29, 0.717) is 0 Å². The fourth-order valence-corrected chi connectivity index (χ4v) is 12.8. The second kappa shape index (κ2) is 10.2. The summed E-state index contributed by atoms with van der Waals surface area (Å²) < 4.78 is 0. The Balaban J connectivity index is 1.25. The Labute approximate surface area is 293 Å². The summed E-state index contributed by atoms with van der Waals surface area (Å²) in [7, 11) is -1.91. The highest BCUT2D eigenvalue weighted by atomic mass is 28.3. The van der Waals surface area contributed by atoms with Crippen molar-refractivity contribution in [1.82, 2.24) is 0 Å². The highest BCUT2D eigenvalue weighted by molar-refractivity contribution is 7.03. The van der Waals surface area contributed by atoms with Gasteiger partial charge < -0.3 is 9.80 Å². The number of allylic oxidation sites excluding steroid dienone is 3. The molecule has 0 N–H and O–H groups in total. The number of fused-ring (bicyclic) bond motifs is 6. The summed E-state index contributed by atoms with van der Waals surface area (Å²) in [5.74, 6) is 0. The first kappa shape index (κ1) is 30.5. The minimum absolute atomic E-state index is 0.00119. The van der Waals surface area contributed by atoms with Crippen LogP contribution in [-0.2, 0) is 10.8 Å². The number of aryl methyl sites for hydroxylation is 1. The van der Waals surface area contributed by atoms with Crippen molar-refractivity contribution in [2.45, 2.75) is 78.3 Å². The van der Waals surface area contributed by atoms with E-state index in [-0.39, 0.29) is 10.8 Å². The number of hydrogen-bond donors (Lipinski definition) is 0. The zero-order chi connectivity index (χ0) is 34.0. The Morgan fingerprint density at radius 3 is 1.80 bits per heavy atom. The Morgan fingerprint density at radius 2 is 1.14 bits per heavy atom. The van der Waals surface area contributed by atoms with Gasteiger partial charge in [-0.3, -0.25) is 0 Å². The van der Waals surface area contributed by atoms with Gasteiger partial charge in [-0.15, -0.1) is 0 Å². The van der Waals surface area contributed by atoms with Crippen LogP contribution in [0.25, 0.3) is 11.1 Å². The molecule has 0 unspecified atom stereocenters. The van der Waals surface area contributed by atoms with Gasteiger partial charge in [0.25, 0.3) is 0 Å². The van der Waals surface area contributed by atoms with Gasteiger partial charge in [0, 0.05) is 27.9 Å². The minimum Gasteiger partial charge on any atom is -0.310 e. The molecule has 0 saturated heterocycles. The number of para-hydroxylation sites is 3. The first-order chi connectivity index (χ1) is 23.4. The largest absolute Gasteiger partial charge is 0.310 e. The third-order valence-electron chi connectivity index (χ3n) is 12.4. The third-order valence-corrected chi connectivity index (χ3v) is 16.0. The Kier molecular flexibility index (Phi) is 6.35. The summed E-state index contributed by atoms with van der Waals surface area (Å²) in [6.07, 6.45) is 4.67. The van der Waals surface area contributed by atoms with Crippen molar-refractivity contribution < 1.29 is 0 Å². The molecule has 0 amide bonds. The highest BCUT2D eigenvalue weighted by Crippen LogP contribution is 2.55. The molecule has 0 spiro atoms. The van der Waals surface area contributed by atoms with Gasteiger partial charge in [-0.2, -0.15) is 23.5 Å². The van der Waals surface area contributed by atoms with E-state index in [9.17, 15) is 0 Å². The average molecular weight is 655 g/mol. The molecule has 4 aliphatic rings. The van der Waals surface area contributed by atoms with E-state index in [0.717, 1.165) is 12.8 Å². The lowest BCUT2D eigenvalue weighted by molar-refractivity contribution is 0.567. The predicted octanol–water partition coefficient (Wildman–Crippen LogP) is 11.3. The molecular weight excluding hydrogens is 609 g/mol. The number of rotatable bonds is 2. The van der Waals surface area contributed by atoms with Crippen LogP contribution in [0.15, 0.2) is 126 Å². The van der Waals surface area contributed by atoms with E-state index in [1.165, 1.54) is 83.5 Å². The zero-order valence-electron chi connectivity index (χ0n) is 30.2. The van der Waals surface area contributed by atoms with E-state index < -0.39 is 8.07 Å². The molecule has 3 aliphatic heterocycles. The normalized spacial score (nSPS) is 18.9. The molecule has 5 aromatic carbocycles. The second-order valence-electron chi connectivity index (χ2n) is 16.3. The summed E-state index contributed by atoms with van der Waals surface area (Å²) in [5, 5.41) is 3.07. The summed E-state index contributed by atoms with van der Waals surface area (Å²) >= 11 is 0. The van der Waals surface area contributed by atoms with Crippen LogP contribution in [0.5, 0.6) is 0 Å². The lowest BCUT2D eigenvalue weighted by Crippen LogP contribution is -2.49. The van der Waals surface area contributed by atoms with Crippen LogP contribution < -0.4 is 20.2 Å². The van der Waals surface area contributed by atoms with Gasteiger partial charge >= 0.3 is 0 Å². The van der Waals surface area contributed by atoms with Gasteiger partial charge in [0.1, 0.15) is 0 Å². The molecule has 0 fully saturated rings. The maximum atomic E-state index is 2.58. The second-order valence-corrected chi connectivity index (χ2v) is 20.6. The van der Waals surface area contributed by atoms with Gasteiger partial charge in [0.05, 0.1) is 17.1 Å². The van der Waals surface area contributed by atoms with Crippen molar-refractivity contribution in [2.75, 3.05) is 9.80 Å². The van der Waals surface area contributed by atoms with E-state index in [1.807, 2.05) is 0 Å². The van der Waals surface area contributed by atoms with E-state index in [2.05, 4.69) is 174 Å². The Morgan fingerprint density at radius 1 is 0.592 bits per heavy atom. The topological polar surface area (TPSA) is 6.48 Å². The molecule has 245 valence electrons. The molecule has 3 heteroatoms. The van der Waals surface area contributed by atoms with Crippen LogP contribution in [0.1, 0.15) is 69.7 Å². The predicted molar refractivity (Wildman–Crippen MR) is 212 cm³/mol. The summed E-state index contributed by atoms with van der Waals surface area (Å²) in [6.45, 7) is 19.2. The standard InChI is InChI=1S/C46H46N2Si/c1-29-15-13-19-37-43(29)47(39-21-11-9-17-35(39)45(37,3)4)31-23-25-41-33(27-31)34-28-32(24-26-42(34)49(41,7)8)48-40-22-12-10-18-36(40)46(5,6)38-20-14-16-30(2)44(38)48/h9-13,15-19,21-28H,14,20H2,1-8H3/q-1. The van der Waals surface area contributed by atoms with Crippen LogP contribution in [0.3, 0.4) is 0 Å². The van der Waals surface area contributed by atoms with E-state index >= 15 is 0 Å². The molecule has 0 saturated carbocycles. The SMILES string of the molecule is CC1=CCCC2=C1N(c1ccc3c(c1)-c1cc(N4c5ccccc5C(C)(C)c5cccc(C)c54)ccc1[Si-]3(C)C)c1ccccc1C2(C)C. The quantitative estimate of drug-likeness (QED) is 0.175. The lowest BCUT2D eigenvalue weighted by Gasteiger charge is -2.45. The van der Waals surface area contributed by atoms with Crippen LogP contribution in [0.2, 0.25) is 13.1 Å². The Bertz CT molecular complexity index is 2300. The maximum absolute atomic E-state index is 2.58. The van der Waals surface area contributed by atoms with Crippen molar-refractivity contribution in [3.63, 3.8) is 0 Å². The smallest absolute Gasteiger partial charge is 0.0531 e. The average Bonchev–Trinajstić information content (AvgIpc) is 3.31. The van der Waals surface area contributed by atoms with E-state index in [1.54, 1.807) is 5.57 Å². The number of hydrogen-bond acceptors (Lipinski definition) is 2. The summed E-state index contributed by atoms with van der Waals surface area (Å²) in [5.41, 5.74) is 19.0. The summed E-state index contributed by atoms with van der Waals surface area (Å²) in [6, 6.07) is 39.7. The van der Waals surface area contributed by atoms with Crippen LogP contribution >= 0.6 is 0 Å². The van der Waals surface area contributed by atoms with Crippen molar-refractivity contribution in [3.05, 3.63) is 148 Å². The molecule has 0 aromatic heterocycles. The maximum Gasteiger partial charge on any atom is 0.0531 e. The van der Waals surface area contributed by atoms with Gasteiger partial charge in [-0.05, 0) is 108 Å². The molecular formula is C46H46N2Si-. The van der Waals surface area contributed by atoms with Crippen LogP contribution in [0, 0.1) is 6.92 Å². The van der Waals surface area contributed by atoms with Crippen LogP contribution in [0.4, 0.5) is 28.4 Å². The minimum atomic E-state index is -1.91. The molecule has 0 bridgehead atoms. The van der Waals surface area contributed by atoms with Crippen LogP contribution in [-0.4, -0.2) is 8.07 Å². The van der Waals surface area contributed by atoms with Gasteiger partial charge in [-0.1, -0.05) is 109 Å². The molecule has 0 atom stereocenters. The van der Waals surface area contributed by atoms with Gasteiger partial charge in [0.15, 0.2) is 0 Å². The fraction of sp³-hybridized carbons (Fsp3) is 0.261. The Hall–Kier alpha value is -4.60. The molecule has 1 aliphatic carbocycles. The number of anilines is 5. The first-order valence-electron chi connectivity index (χ1n) is 18.0. The summed E-state index contributed by atoms with van der Waals surface area (Å²) in [4.78, 5) is 5.12. The monoisotopic (exact) mass is 654 g/mol. The highest BCUT2D eigenvalue weighted by Gasteiger charge is 2.41. The number of benzene rings is 5. The first-order valence-corrected chi connectivity index (χ1v) is 21.0. The molecule has 3 heterocycles. The third kappa shape index (κ3) is 4.06. The fourth-order valence-electron chi connectivity index (χ4n) is 9.77. The van der Waals surface area contributed by atoms with Crippen molar-refractivity contribution in [2.24, 2.45) is 0 Å². The molecule has 5 aromatic rings. The molecule has 9 rings (SSSR count). The van der Waals surface area contributed by atoms with Gasteiger partial charge in [-0.25, -0.2) is 0 Å². The number of nitrogens with zero attached hydrogens (tertiary/aromatic N) is 2. The zero-order valence-corrected chi connectivity index (χ0v) is 31.2. The molecule has 2 nitrogen and oxygen atoms in total. The van der Waals surface area contributed by atoms with Crippen molar-refractivity contribution in [3.8, 4) is 11.1 Å². The molecule has 49 heavy (non-hydrogen) atoms. The molecule has 0 radical (unpaired) electrons.